The van der Waals surface area contributed by atoms with Crippen LogP contribution in [0.4, 0.5) is 4.79 Å². The molecule has 3 heteroatoms. The van der Waals surface area contributed by atoms with E-state index in [9.17, 15) is 4.79 Å². The van der Waals surface area contributed by atoms with Gasteiger partial charge in [0.25, 0.3) is 0 Å². The van der Waals surface area contributed by atoms with Crippen LogP contribution in [0.3, 0.4) is 0 Å². The van der Waals surface area contributed by atoms with E-state index in [0.717, 1.165) is 0 Å². The Morgan fingerprint density at radius 3 is 2.18 bits per heavy atom. The van der Waals surface area contributed by atoms with Crippen molar-refractivity contribution in [3.63, 3.8) is 0 Å². The fraction of sp³-hybridized carbons (Fsp3) is 0.786. The second-order valence-corrected chi connectivity index (χ2v) is 6.73. The summed E-state index contributed by atoms with van der Waals surface area (Å²) in [7, 11) is 0. The van der Waals surface area contributed by atoms with Gasteiger partial charge in [-0.05, 0) is 19.3 Å². The molecule has 2 bridgehead atoms. The minimum absolute atomic E-state index is 0.00264. The highest BCUT2D eigenvalue weighted by Crippen LogP contribution is 2.74. The molecule has 1 aliphatic heterocycles. The smallest absolute Gasteiger partial charge is 0.407 e. The fourth-order valence-corrected chi connectivity index (χ4v) is 4.77. The summed E-state index contributed by atoms with van der Waals surface area (Å²) >= 11 is 0. The number of fused-ring (bicyclic) bond motifs is 5. The lowest BCUT2D eigenvalue weighted by Gasteiger charge is -2.42. The number of carbonyl (C=O) groups excluding carboxylic acids is 1. The van der Waals surface area contributed by atoms with Crippen LogP contribution in [0.1, 0.15) is 41.5 Å². The van der Waals surface area contributed by atoms with Crippen molar-refractivity contribution >= 4 is 6.09 Å². The van der Waals surface area contributed by atoms with E-state index >= 15 is 0 Å². The number of ether oxygens (including phenoxy) is 1. The molecule has 4 atom stereocenters. The standard InChI is InChI=1S/C14H21NO2/c1-7-8(2)14(6)10-9(15-11(16)17-10)13(7,5)12(14,3)4/h9-10H,1-6H3,(H,15,16)/t9-,10+,13?,14?/m0/s1. The Bertz CT molecular complexity index is 427. The van der Waals surface area contributed by atoms with Gasteiger partial charge in [-0.15, -0.1) is 0 Å². The predicted molar refractivity (Wildman–Crippen MR) is 65.6 cm³/mol. The molecule has 1 saturated carbocycles. The summed E-state index contributed by atoms with van der Waals surface area (Å²) in [5.41, 5.74) is 2.90. The second-order valence-electron chi connectivity index (χ2n) is 6.73. The molecule has 0 spiro atoms. The predicted octanol–water partition coefficient (Wildman–Crippen LogP) is 2.87. The van der Waals surface area contributed by atoms with Crippen molar-refractivity contribution in [3.05, 3.63) is 11.1 Å². The first kappa shape index (κ1) is 11.1. The van der Waals surface area contributed by atoms with Gasteiger partial charge in [0.05, 0.1) is 6.04 Å². The molecule has 94 valence electrons. The number of hydrogen-bond acceptors (Lipinski definition) is 2. The average Bonchev–Trinajstić information content (AvgIpc) is 2.72. The van der Waals surface area contributed by atoms with Crippen molar-refractivity contribution < 1.29 is 9.53 Å². The molecular weight excluding hydrogens is 214 g/mol. The van der Waals surface area contributed by atoms with Gasteiger partial charge in [-0.1, -0.05) is 38.8 Å². The second kappa shape index (κ2) is 2.55. The summed E-state index contributed by atoms with van der Waals surface area (Å²) in [6.45, 7) is 13.5. The van der Waals surface area contributed by atoms with Crippen LogP contribution < -0.4 is 5.32 Å². The lowest BCUT2D eigenvalue weighted by Crippen LogP contribution is -2.46. The number of nitrogens with one attached hydrogen (secondary N) is 1. The van der Waals surface area contributed by atoms with E-state index in [0.29, 0.717) is 0 Å². The largest absolute Gasteiger partial charge is 0.443 e. The van der Waals surface area contributed by atoms with Crippen LogP contribution in [-0.2, 0) is 4.74 Å². The number of carbonyl (C=O) groups is 1. The summed E-state index contributed by atoms with van der Waals surface area (Å²) in [4.78, 5) is 11.5. The Morgan fingerprint density at radius 1 is 1.06 bits per heavy atom. The number of rotatable bonds is 0. The summed E-state index contributed by atoms with van der Waals surface area (Å²) in [5.74, 6) is 0. The van der Waals surface area contributed by atoms with Gasteiger partial charge in [0.15, 0.2) is 0 Å². The zero-order valence-electron chi connectivity index (χ0n) is 11.5. The lowest BCUT2D eigenvalue weighted by molar-refractivity contribution is 0.0281. The van der Waals surface area contributed by atoms with Crippen molar-refractivity contribution in [2.24, 2.45) is 16.2 Å². The Labute approximate surface area is 103 Å². The van der Waals surface area contributed by atoms with Crippen LogP contribution in [-0.4, -0.2) is 18.2 Å². The van der Waals surface area contributed by atoms with Gasteiger partial charge in [-0.2, -0.15) is 0 Å². The molecule has 1 heterocycles. The van der Waals surface area contributed by atoms with Crippen LogP contribution in [0.5, 0.6) is 0 Å². The van der Waals surface area contributed by atoms with E-state index in [4.69, 9.17) is 4.74 Å². The van der Waals surface area contributed by atoms with Crippen LogP contribution in [0.2, 0.25) is 0 Å². The van der Waals surface area contributed by atoms with Crippen LogP contribution in [0.15, 0.2) is 11.1 Å². The van der Waals surface area contributed by atoms with Crippen molar-refractivity contribution in [2.45, 2.75) is 53.7 Å². The van der Waals surface area contributed by atoms with E-state index in [1.54, 1.807) is 0 Å². The average molecular weight is 235 g/mol. The highest BCUT2D eigenvalue weighted by atomic mass is 16.6. The minimum atomic E-state index is -0.254. The van der Waals surface area contributed by atoms with Gasteiger partial charge in [0.2, 0.25) is 0 Å². The van der Waals surface area contributed by atoms with Gasteiger partial charge in [-0.25, -0.2) is 4.79 Å². The van der Waals surface area contributed by atoms with E-state index < -0.39 is 0 Å². The third kappa shape index (κ3) is 0.782. The first-order valence-corrected chi connectivity index (χ1v) is 6.34. The van der Waals surface area contributed by atoms with Crippen molar-refractivity contribution in [3.8, 4) is 0 Å². The molecule has 2 fully saturated rings. The third-order valence-electron chi connectivity index (χ3n) is 6.72. The Balaban J connectivity index is 2.28. The molecule has 0 aromatic rings. The molecule has 17 heavy (non-hydrogen) atoms. The zero-order chi connectivity index (χ0) is 12.8. The maximum Gasteiger partial charge on any atom is 0.407 e. The van der Waals surface area contributed by atoms with E-state index in [1.165, 1.54) is 11.1 Å². The molecule has 1 N–H and O–H groups in total. The first-order valence-electron chi connectivity index (χ1n) is 6.34. The first-order chi connectivity index (χ1) is 7.69. The Kier molecular flexibility index (Phi) is 1.67. The van der Waals surface area contributed by atoms with Gasteiger partial charge >= 0.3 is 6.09 Å². The molecule has 2 aliphatic carbocycles. The van der Waals surface area contributed by atoms with Crippen molar-refractivity contribution in [1.29, 1.82) is 0 Å². The summed E-state index contributed by atoms with van der Waals surface area (Å²) < 4.78 is 5.56. The van der Waals surface area contributed by atoms with Gasteiger partial charge in [0, 0.05) is 10.8 Å². The highest BCUT2D eigenvalue weighted by molar-refractivity contribution is 5.73. The van der Waals surface area contributed by atoms with E-state index in [1.807, 2.05) is 0 Å². The van der Waals surface area contributed by atoms with Gasteiger partial charge < -0.3 is 10.1 Å². The molecule has 0 radical (unpaired) electrons. The van der Waals surface area contributed by atoms with E-state index in [-0.39, 0.29) is 34.5 Å². The van der Waals surface area contributed by atoms with Gasteiger partial charge in [0.1, 0.15) is 6.10 Å². The Morgan fingerprint density at radius 2 is 1.59 bits per heavy atom. The Hall–Kier alpha value is -0.990. The maximum absolute atomic E-state index is 11.5. The van der Waals surface area contributed by atoms with Gasteiger partial charge in [-0.3, -0.25) is 0 Å². The summed E-state index contributed by atoms with van der Waals surface area (Å²) in [6, 6.07) is 0.124. The summed E-state index contributed by atoms with van der Waals surface area (Å²) in [6.07, 6.45) is -0.269. The lowest BCUT2D eigenvalue weighted by atomic mass is 9.62. The zero-order valence-corrected chi connectivity index (χ0v) is 11.5. The van der Waals surface area contributed by atoms with E-state index in [2.05, 4.69) is 46.9 Å². The third-order valence-corrected chi connectivity index (χ3v) is 6.72. The van der Waals surface area contributed by atoms with Crippen molar-refractivity contribution in [1.82, 2.24) is 5.32 Å². The molecule has 3 rings (SSSR count). The van der Waals surface area contributed by atoms with Crippen LogP contribution in [0.25, 0.3) is 0 Å². The number of hydrogen-bond donors (Lipinski definition) is 1. The molecule has 0 aromatic heterocycles. The molecule has 3 nitrogen and oxygen atoms in total. The summed E-state index contributed by atoms with van der Waals surface area (Å²) in [5, 5.41) is 3.02. The monoisotopic (exact) mass is 235 g/mol. The highest BCUT2D eigenvalue weighted by Gasteiger charge is 2.77. The molecule has 0 aromatic carbocycles. The maximum atomic E-state index is 11.5. The number of amides is 1. The fourth-order valence-electron chi connectivity index (χ4n) is 4.77. The molecule has 1 saturated heterocycles. The molecule has 2 unspecified atom stereocenters. The molecule has 3 aliphatic rings. The topological polar surface area (TPSA) is 38.3 Å². The minimum Gasteiger partial charge on any atom is -0.443 e. The normalized spacial score (nSPS) is 50.4. The molecular formula is C14H21NO2. The molecule has 1 amide bonds. The number of alkyl carbamates (subject to hydrolysis) is 1. The van der Waals surface area contributed by atoms with Crippen LogP contribution in [0, 0.1) is 16.2 Å². The van der Waals surface area contributed by atoms with Crippen LogP contribution >= 0.6 is 0 Å². The SMILES string of the molecule is CC1=C(C)C2(C)[C@H]3NC(=O)O[C@H]3C1(C)C2(C)C. The quantitative estimate of drug-likeness (QED) is 0.656. The van der Waals surface area contributed by atoms with Crippen molar-refractivity contribution in [2.75, 3.05) is 0 Å².